The maximum Gasteiger partial charge on any atom is 0.204 e. The second-order valence-corrected chi connectivity index (χ2v) is 3.58. The smallest absolute Gasteiger partial charge is 0.204 e. The number of aromatic hydroxyl groups is 1. The highest BCUT2D eigenvalue weighted by atomic mass is 16.3. The first-order chi connectivity index (χ1) is 9.00. The molecule has 0 atom stereocenters. The molecule has 0 saturated carbocycles. The molecular weight excluding hydrogens is 244 g/mol. The molecule has 9 N–H and O–H groups in total. The SMILES string of the molecule is N=C(N)NNC(=N)N.Oc1cccc2ccccc12. The largest absolute Gasteiger partial charge is 0.507 e. The van der Waals surface area contributed by atoms with Crippen LogP contribution in [0.3, 0.4) is 0 Å². The highest BCUT2D eigenvalue weighted by Gasteiger charge is 1.94. The summed E-state index contributed by atoms with van der Waals surface area (Å²) in [6.45, 7) is 0. The number of phenols is 1. The average molecular weight is 260 g/mol. The fourth-order valence-electron chi connectivity index (χ4n) is 1.34. The van der Waals surface area contributed by atoms with Gasteiger partial charge in [0, 0.05) is 5.39 Å². The standard InChI is InChI=1S/C10H8O.C2H8N6/c11-10-7-3-5-8-4-1-2-6-9(8)10;3-1(4)7-8-2(5)6/h1-7,11H;(H4,3,4,7)(H4,5,6,8). The van der Waals surface area contributed by atoms with Crippen molar-refractivity contribution in [3.8, 4) is 5.75 Å². The van der Waals surface area contributed by atoms with E-state index in [9.17, 15) is 5.11 Å². The van der Waals surface area contributed by atoms with Gasteiger partial charge in [0.05, 0.1) is 0 Å². The van der Waals surface area contributed by atoms with E-state index in [0.717, 1.165) is 10.8 Å². The van der Waals surface area contributed by atoms with Crippen molar-refractivity contribution in [1.29, 1.82) is 10.8 Å². The molecule has 2 rings (SSSR count). The second-order valence-electron chi connectivity index (χ2n) is 3.58. The minimum Gasteiger partial charge on any atom is -0.507 e. The summed E-state index contributed by atoms with van der Waals surface area (Å²) in [5.74, 6) is -0.205. The second kappa shape index (κ2) is 6.70. The molecule has 0 spiro atoms. The van der Waals surface area contributed by atoms with E-state index in [4.69, 9.17) is 22.3 Å². The van der Waals surface area contributed by atoms with Crippen molar-refractivity contribution in [2.75, 3.05) is 0 Å². The van der Waals surface area contributed by atoms with Crippen molar-refractivity contribution in [1.82, 2.24) is 10.9 Å². The molecule has 0 unspecified atom stereocenters. The highest BCUT2D eigenvalue weighted by Crippen LogP contribution is 2.22. The number of phenolic OH excluding ortho intramolecular Hbond substituents is 1. The summed E-state index contributed by atoms with van der Waals surface area (Å²) in [7, 11) is 0. The first-order valence-corrected chi connectivity index (χ1v) is 5.37. The van der Waals surface area contributed by atoms with E-state index in [1.807, 2.05) is 36.4 Å². The van der Waals surface area contributed by atoms with Crippen LogP contribution in [-0.2, 0) is 0 Å². The van der Waals surface area contributed by atoms with Crippen LogP contribution < -0.4 is 22.3 Å². The first-order valence-electron chi connectivity index (χ1n) is 5.37. The van der Waals surface area contributed by atoms with Gasteiger partial charge in [-0.1, -0.05) is 36.4 Å². The third-order valence-corrected chi connectivity index (χ3v) is 2.10. The number of guanidine groups is 2. The number of hydrogen-bond acceptors (Lipinski definition) is 3. The lowest BCUT2D eigenvalue weighted by Crippen LogP contribution is -2.47. The molecule has 7 heteroatoms. The fourth-order valence-corrected chi connectivity index (χ4v) is 1.34. The van der Waals surface area contributed by atoms with Crippen molar-refractivity contribution < 1.29 is 5.11 Å². The molecule has 7 nitrogen and oxygen atoms in total. The van der Waals surface area contributed by atoms with Gasteiger partial charge in [-0.15, -0.1) is 0 Å². The lowest BCUT2D eigenvalue weighted by atomic mass is 10.1. The third kappa shape index (κ3) is 4.82. The van der Waals surface area contributed by atoms with Crippen LogP contribution in [0.1, 0.15) is 0 Å². The van der Waals surface area contributed by atoms with E-state index in [1.165, 1.54) is 0 Å². The summed E-state index contributed by atoms with van der Waals surface area (Å²) >= 11 is 0. The maximum absolute atomic E-state index is 9.37. The van der Waals surface area contributed by atoms with E-state index >= 15 is 0 Å². The summed E-state index contributed by atoms with van der Waals surface area (Å²) in [6.07, 6.45) is 0. The van der Waals surface area contributed by atoms with Crippen molar-refractivity contribution in [3.05, 3.63) is 42.5 Å². The molecule has 0 radical (unpaired) electrons. The summed E-state index contributed by atoms with van der Waals surface area (Å²) < 4.78 is 0. The van der Waals surface area contributed by atoms with Crippen LogP contribution in [0, 0.1) is 10.8 Å². The quantitative estimate of drug-likeness (QED) is 0.208. The number of hydrogen-bond donors (Lipinski definition) is 7. The van der Waals surface area contributed by atoms with Gasteiger partial charge in [-0.3, -0.25) is 21.7 Å². The molecule has 0 aliphatic carbocycles. The molecule has 0 aliphatic heterocycles. The molecule has 0 saturated heterocycles. The molecule has 0 fully saturated rings. The zero-order valence-electron chi connectivity index (χ0n) is 10.1. The minimum absolute atomic E-state index is 0.278. The fraction of sp³-hybridized carbons (Fsp3) is 0. The van der Waals surface area contributed by atoms with Crippen molar-refractivity contribution in [2.45, 2.75) is 0 Å². The Balaban J connectivity index is 0.000000203. The minimum atomic E-state index is -0.278. The Morgan fingerprint density at radius 1 is 0.895 bits per heavy atom. The number of hydrazine groups is 1. The van der Waals surface area contributed by atoms with Gasteiger partial charge in [-0.25, -0.2) is 0 Å². The van der Waals surface area contributed by atoms with Crippen molar-refractivity contribution in [2.24, 2.45) is 11.5 Å². The Morgan fingerprint density at radius 2 is 1.42 bits per heavy atom. The summed E-state index contributed by atoms with van der Waals surface area (Å²) in [4.78, 5) is 0. The van der Waals surface area contributed by atoms with Gasteiger partial charge in [0.15, 0.2) is 0 Å². The number of nitrogens with one attached hydrogen (secondary N) is 4. The molecule has 100 valence electrons. The monoisotopic (exact) mass is 260 g/mol. The number of benzene rings is 2. The molecule has 0 bridgehead atoms. The first kappa shape index (κ1) is 14.1. The molecule has 0 amide bonds. The topological polar surface area (TPSA) is 144 Å². The summed E-state index contributed by atoms with van der Waals surface area (Å²) in [6, 6.07) is 13.3. The van der Waals surface area contributed by atoms with Crippen LogP contribution in [0.5, 0.6) is 5.75 Å². The van der Waals surface area contributed by atoms with E-state index in [-0.39, 0.29) is 11.9 Å². The van der Waals surface area contributed by atoms with E-state index in [1.54, 1.807) is 6.07 Å². The van der Waals surface area contributed by atoms with Gasteiger partial charge in [0.25, 0.3) is 0 Å². The molecule has 0 aliphatic rings. The highest BCUT2D eigenvalue weighted by molar-refractivity contribution is 5.87. The van der Waals surface area contributed by atoms with Gasteiger partial charge >= 0.3 is 0 Å². The summed E-state index contributed by atoms with van der Waals surface area (Å²) in [5.41, 5.74) is 13.8. The molecule has 2 aromatic rings. The van der Waals surface area contributed by atoms with Gasteiger partial charge in [-0.05, 0) is 11.5 Å². The predicted molar refractivity (Wildman–Crippen MR) is 75.7 cm³/mol. The van der Waals surface area contributed by atoms with Gasteiger partial charge < -0.3 is 16.6 Å². The van der Waals surface area contributed by atoms with Crippen LogP contribution in [0.15, 0.2) is 42.5 Å². The molecule has 19 heavy (non-hydrogen) atoms. The van der Waals surface area contributed by atoms with Crippen molar-refractivity contribution in [3.63, 3.8) is 0 Å². The van der Waals surface area contributed by atoms with Crippen LogP contribution in [0.4, 0.5) is 0 Å². The van der Waals surface area contributed by atoms with Crippen LogP contribution in [0.25, 0.3) is 10.8 Å². The number of nitrogens with two attached hydrogens (primary N) is 2. The molecule has 0 heterocycles. The molecular formula is C12H16N6O. The lowest BCUT2D eigenvalue weighted by Gasteiger charge is -2.02. The Kier molecular flexibility index (Phi) is 4.97. The maximum atomic E-state index is 9.37. The Labute approximate surface area is 110 Å². The zero-order valence-corrected chi connectivity index (χ0v) is 10.1. The van der Waals surface area contributed by atoms with Crippen LogP contribution in [-0.4, -0.2) is 17.0 Å². The van der Waals surface area contributed by atoms with Crippen molar-refractivity contribution >= 4 is 22.7 Å². The van der Waals surface area contributed by atoms with E-state index in [0.29, 0.717) is 5.75 Å². The van der Waals surface area contributed by atoms with Crippen LogP contribution in [0.2, 0.25) is 0 Å². The Morgan fingerprint density at radius 3 is 1.95 bits per heavy atom. The van der Waals surface area contributed by atoms with E-state index < -0.39 is 0 Å². The lowest BCUT2D eigenvalue weighted by molar-refractivity contribution is 0.481. The van der Waals surface area contributed by atoms with Gasteiger partial charge in [-0.2, -0.15) is 0 Å². The normalized spacial score (nSPS) is 9.05. The average Bonchev–Trinajstić information content (AvgIpc) is 2.38. The summed E-state index contributed by atoms with van der Waals surface area (Å²) in [5, 5.41) is 24.4. The predicted octanol–water partition coefficient (Wildman–Crippen LogP) is 0.413. The van der Waals surface area contributed by atoms with E-state index in [2.05, 4.69) is 10.9 Å². The Bertz CT molecular complexity index is 564. The zero-order chi connectivity index (χ0) is 14.3. The number of fused-ring (bicyclic) bond motifs is 1. The van der Waals surface area contributed by atoms with Gasteiger partial charge in [0.2, 0.25) is 11.9 Å². The number of rotatable bonds is 0. The third-order valence-electron chi connectivity index (χ3n) is 2.10. The Hall–Kier alpha value is -2.96. The van der Waals surface area contributed by atoms with Gasteiger partial charge in [0.1, 0.15) is 5.75 Å². The van der Waals surface area contributed by atoms with Crippen LogP contribution >= 0.6 is 0 Å². The molecule has 0 aromatic heterocycles. The molecule has 2 aromatic carbocycles.